The molecule has 0 N–H and O–H groups in total. The van der Waals surface area contributed by atoms with Gasteiger partial charge in [-0.3, -0.25) is 4.79 Å². The first kappa shape index (κ1) is 17.1. The molecular weight excluding hydrogens is 354 g/mol. The van der Waals surface area contributed by atoms with Gasteiger partial charge in [-0.15, -0.1) is 0 Å². The third-order valence-electron chi connectivity index (χ3n) is 4.46. The zero-order chi connectivity index (χ0) is 18.8. The second kappa shape index (κ2) is 7.14. The van der Waals surface area contributed by atoms with Crippen LogP contribution in [0.3, 0.4) is 0 Å². The lowest BCUT2D eigenvalue weighted by Gasteiger charge is -2.34. The van der Waals surface area contributed by atoms with E-state index >= 15 is 0 Å². The van der Waals surface area contributed by atoms with Crippen molar-refractivity contribution < 1.29 is 18.1 Å². The third-order valence-corrected chi connectivity index (χ3v) is 4.46. The van der Waals surface area contributed by atoms with Crippen LogP contribution in [0.1, 0.15) is 10.4 Å². The van der Waals surface area contributed by atoms with E-state index in [0.717, 1.165) is 17.7 Å². The lowest BCUT2D eigenvalue weighted by atomic mass is 10.1. The number of hydrogen-bond donors (Lipinski definition) is 0. The highest BCUT2D eigenvalue weighted by atomic mass is 19.1. The molecule has 1 aliphatic heterocycles. The van der Waals surface area contributed by atoms with Gasteiger partial charge in [0.1, 0.15) is 17.2 Å². The van der Waals surface area contributed by atoms with Gasteiger partial charge < -0.3 is 14.3 Å². The molecule has 1 fully saturated rings. The molecule has 1 amide bonds. The summed E-state index contributed by atoms with van der Waals surface area (Å²) >= 11 is 0. The van der Waals surface area contributed by atoms with Crippen molar-refractivity contribution in [3.05, 3.63) is 65.7 Å². The highest BCUT2D eigenvalue weighted by Crippen LogP contribution is 2.21. The van der Waals surface area contributed by atoms with E-state index in [1.807, 2.05) is 35.2 Å². The molecule has 0 spiro atoms. The Morgan fingerprint density at radius 2 is 1.59 bits per heavy atom. The molecule has 0 saturated carbocycles. The van der Waals surface area contributed by atoms with Crippen LogP contribution in [0.25, 0.3) is 11.5 Å². The summed E-state index contributed by atoms with van der Waals surface area (Å²) in [6, 6.07) is 12.8. The van der Waals surface area contributed by atoms with E-state index in [0.29, 0.717) is 38.0 Å². The maximum absolute atomic E-state index is 13.8. The molecule has 1 saturated heterocycles. The van der Waals surface area contributed by atoms with Gasteiger partial charge in [-0.05, 0) is 29.4 Å². The summed E-state index contributed by atoms with van der Waals surface area (Å²) < 4.78 is 33.0. The molecule has 1 aromatic heterocycles. The molecule has 3 aromatic rings. The van der Waals surface area contributed by atoms with Gasteiger partial charge in [0.05, 0.1) is 0 Å². The number of amides is 1. The molecule has 2 heterocycles. The Morgan fingerprint density at radius 3 is 2.26 bits per heavy atom. The number of rotatable bonds is 3. The predicted octanol–water partition coefficient (Wildman–Crippen LogP) is 2.98. The highest BCUT2D eigenvalue weighted by Gasteiger charge is 2.28. The van der Waals surface area contributed by atoms with E-state index in [-0.39, 0.29) is 0 Å². The molecule has 1 aliphatic rings. The van der Waals surface area contributed by atoms with Crippen LogP contribution in [0.2, 0.25) is 0 Å². The van der Waals surface area contributed by atoms with Crippen molar-refractivity contribution in [2.45, 2.75) is 0 Å². The largest absolute Gasteiger partial charge is 0.335 e. The van der Waals surface area contributed by atoms with Gasteiger partial charge in [0.25, 0.3) is 17.7 Å². The van der Waals surface area contributed by atoms with Crippen molar-refractivity contribution in [2.24, 2.45) is 0 Å². The van der Waals surface area contributed by atoms with E-state index in [9.17, 15) is 13.6 Å². The number of piperazine rings is 1. The van der Waals surface area contributed by atoms with Crippen molar-refractivity contribution in [1.29, 1.82) is 0 Å². The van der Waals surface area contributed by atoms with E-state index in [2.05, 4.69) is 10.1 Å². The van der Waals surface area contributed by atoms with Gasteiger partial charge in [-0.25, -0.2) is 8.78 Å². The molecule has 0 radical (unpaired) electrons. The number of halogens is 2. The fourth-order valence-corrected chi connectivity index (χ4v) is 3.01. The lowest BCUT2D eigenvalue weighted by Crippen LogP contribution is -2.49. The van der Waals surface area contributed by atoms with Gasteiger partial charge in [0, 0.05) is 31.7 Å². The number of anilines is 1. The van der Waals surface area contributed by atoms with Crippen molar-refractivity contribution in [2.75, 3.05) is 31.1 Å². The Kier molecular flexibility index (Phi) is 4.53. The molecule has 4 rings (SSSR count). The fraction of sp³-hybridized carbons (Fsp3) is 0.211. The standard InChI is InChI=1S/C19H16F2N4O2/c20-14-7-4-8-15(21)16(14)18(26)24-9-11-25(12-10-24)19-22-17(27-23-19)13-5-2-1-3-6-13/h1-8H,9-12H2. The summed E-state index contributed by atoms with van der Waals surface area (Å²) in [5.74, 6) is -1.51. The lowest BCUT2D eigenvalue weighted by molar-refractivity contribution is 0.0736. The zero-order valence-corrected chi connectivity index (χ0v) is 14.3. The van der Waals surface area contributed by atoms with E-state index in [1.165, 1.54) is 11.0 Å². The van der Waals surface area contributed by atoms with Crippen molar-refractivity contribution in [1.82, 2.24) is 15.0 Å². The van der Waals surface area contributed by atoms with Crippen LogP contribution in [-0.4, -0.2) is 47.1 Å². The monoisotopic (exact) mass is 370 g/mol. The van der Waals surface area contributed by atoms with Gasteiger partial charge in [-0.1, -0.05) is 24.3 Å². The summed E-state index contributed by atoms with van der Waals surface area (Å²) in [6.45, 7) is 1.49. The summed E-state index contributed by atoms with van der Waals surface area (Å²) in [6.07, 6.45) is 0. The smallest absolute Gasteiger partial charge is 0.266 e. The summed E-state index contributed by atoms with van der Waals surface area (Å²) in [4.78, 5) is 20.1. The summed E-state index contributed by atoms with van der Waals surface area (Å²) in [5.41, 5.74) is 0.303. The van der Waals surface area contributed by atoms with Crippen LogP contribution in [0.5, 0.6) is 0 Å². The van der Waals surface area contributed by atoms with Gasteiger partial charge in [0.15, 0.2) is 0 Å². The summed E-state index contributed by atoms with van der Waals surface area (Å²) in [5, 5.41) is 3.99. The molecule has 0 bridgehead atoms. The fourth-order valence-electron chi connectivity index (χ4n) is 3.01. The average molecular weight is 370 g/mol. The average Bonchev–Trinajstić information content (AvgIpc) is 3.19. The van der Waals surface area contributed by atoms with Crippen LogP contribution in [0, 0.1) is 11.6 Å². The second-order valence-corrected chi connectivity index (χ2v) is 6.14. The van der Waals surface area contributed by atoms with Crippen LogP contribution < -0.4 is 4.90 Å². The number of benzene rings is 2. The van der Waals surface area contributed by atoms with E-state index in [4.69, 9.17) is 4.52 Å². The Bertz CT molecular complexity index is 933. The Labute approximate surface area is 154 Å². The Balaban J connectivity index is 1.44. The maximum atomic E-state index is 13.8. The molecular formula is C19H16F2N4O2. The first-order valence-corrected chi connectivity index (χ1v) is 8.51. The molecule has 0 atom stereocenters. The number of nitrogens with zero attached hydrogens (tertiary/aromatic N) is 4. The first-order chi connectivity index (χ1) is 13.1. The molecule has 2 aromatic carbocycles. The molecule has 27 heavy (non-hydrogen) atoms. The third kappa shape index (κ3) is 3.38. The van der Waals surface area contributed by atoms with Crippen molar-refractivity contribution >= 4 is 11.9 Å². The van der Waals surface area contributed by atoms with Crippen LogP contribution in [0.4, 0.5) is 14.7 Å². The van der Waals surface area contributed by atoms with E-state index in [1.54, 1.807) is 0 Å². The Morgan fingerprint density at radius 1 is 0.926 bits per heavy atom. The Hall–Kier alpha value is -3.29. The minimum atomic E-state index is -0.854. The molecule has 0 unspecified atom stereocenters. The topological polar surface area (TPSA) is 62.5 Å². The zero-order valence-electron chi connectivity index (χ0n) is 14.3. The minimum Gasteiger partial charge on any atom is -0.335 e. The second-order valence-electron chi connectivity index (χ2n) is 6.14. The molecule has 8 heteroatoms. The van der Waals surface area contributed by atoms with Crippen molar-refractivity contribution in [3.63, 3.8) is 0 Å². The van der Waals surface area contributed by atoms with E-state index < -0.39 is 23.1 Å². The van der Waals surface area contributed by atoms with Gasteiger partial charge in [0.2, 0.25) is 0 Å². The SMILES string of the molecule is O=C(c1c(F)cccc1F)N1CCN(c2noc(-c3ccccc3)n2)CC1. The quantitative estimate of drug-likeness (QED) is 0.709. The summed E-state index contributed by atoms with van der Waals surface area (Å²) in [7, 11) is 0. The number of carbonyl (C=O) groups excluding carboxylic acids is 1. The number of hydrogen-bond acceptors (Lipinski definition) is 5. The normalized spacial score (nSPS) is 14.4. The minimum absolute atomic E-state index is 0.307. The predicted molar refractivity (Wildman–Crippen MR) is 94.2 cm³/mol. The molecule has 6 nitrogen and oxygen atoms in total. The highest BCUT2D eigenvalue weighted by molar-refractivity contribution is 5.95. The van der Waals surface area contributed by atoms with Crippen LogP contribution in [-0.2, 0) is 0 Å². The van der Waals surface area contributed by atoms with Crippen LogP contribution in [0.15, 0.2) is 53.1 Å². The van der Waals surface area contributed by atoms with Gasteiger partial charge >= 0.3 is 0 Å². The maximum Gasteiger partial charge on any atom is 0.266 e. The molecule has 138 valence electrons. The molecule has 0 aliphatic carbocycles. The number of carbonyl (C=O) groups is 1. The first-order valence-electron chi connectivity index (χ1n) is 8.51. The number of aromatic nitrogens is 2. The van der Waals surface area contributed by atoms with Gasteiger partial charge in [-0.2, -0.15) is 4.98 Å². The van der Waals surface area contributed by atoms with Crippen LogP contribution >= 0.6 is 0 Å². The van der Waals surface area contributed by atoms with Crippen molar-refractivity contribution in [3.8, 4) is 11.5 Å².